The van der Waals surface area contributed by atoms with Gasteiger partial charge in [0.1, 0.15) is 5.02 Å². The molecule has 1 rings (SSSR count). The average Bonchev–Trinajstić information content (AvgIpc) is 2.14. The highest BCUT2D eigenvalue weighted by Crippen LogP contribution is 2.26. The van der Waals surface area contributed by atoms with E-state index in [1.807, 2.05) is 13.8 Å². The minimum atomic E-state index is 0.304. The van der Waals surface area contributed by atoms with E-state index >= 15 is 0 Å². The molecule has 0 aliphatic heterocycles. The molecule has 0 atom stereocenters. The highest BCUT2D eigenvalue weighted by Gasteiger charge is 2.10. The highest BCUT2D eigenvalue weighted by molar-refractivity contribution is 6.32. The Kier molecular flexibility index (Phi) is 3.95. The van der Waals surface area contributed by atoms with Crippen molar-refractivity contribution in [1.29, 1.82) is 0 Å². The Labute approximate surface area is 88.2 Å². The lowest BCUT2D eigenvalue weighted by molar-refractivity contribution is 0.288. The van der Waals surface area contributed by atoms with Gasteiger partial charge in [-0.25, -0.2) is 0 Å². The summed E-state index contributed by atoms with van der Waals surface area (Å²) in [6, 6.07) is 0.304. The van der Waals surface area contributed by atoms with Gasteiger partial charge < -0.3 is 9.47 Å². The molecule has 1 aromatic rings. The molecule has 0 aliphatic rings. The van der Waals surface area contributed by atoms with Crippen LogP contribution < -0.4 is 9.47 Å². The van der Waals surface area contributed by atoms with E-state index in [9.17, 15) is 0 Å². The smallest absolute Gasteiger partial charge is 0.320 e. The molecule has 1 aromatic heterocycles. The molecule has 0 radical (unpaired) electrons. The Morgan fingerprint density at radius 3 is 2.36 bits per heavy atom. The predicted octanol–water partition coefficient (Wildman–Crippen LogP) is 2.24. The first-order valence-electron chi connectivity index (χ1n) is 4.48. The van der Waals surface area contributed by atoms with E-state index < -0.39 is 0 Å². The van der Waals surface area contributed by atoms with E-state index in [0.717, 1.165) is 0 Å². The van der Waals surface area contributed by atoms with Gasteiger partial charge in [0.05, 0.1) is 18.9 Å². The van der Waals surface area contributed by atoms with Gasteiger partial charge in [0.15, 0.2) is 0 Å². The summed E-state index contributed by atoms with van der Waals surface area (Å²) in [7, 11) is 0. The van der Waals surface area contributed by atoms with Crippen molar-refractivity contribution in [1.82, 2.24) is 9.97 Å². The molecule has 0 fully saturated rings. The fraction of sp³-hybridized carbons (Fsp3) is 0.556. The van der Waals surface area contributed by atoms with Gasteiger partial charge in [0, 0.05) is 0 Å². The van der Waals surface area contributed by atoms with E-state index in [4.69, 9.17) is 21.1 Å². The first kappa shape index (κ1) is 11.0. The summed E-state index contributed by atoms with van der Waals surface area (Å²) in [5, 5.41) is 0.440. The lowest BCUT2D eigenvalue weighted by Crippen LogP contribution is -2.03. The van der Waals surface area contributed by atoms with Crippen molar-refractivity contribution in [2.24, 2.45) is 0 Å². The van der Waals surface area contributed by atoms with Crippen LogP contribution in [-0.2, 0) is 0 Å². The minimum absolute atomic E-state index is 0.304. The Morgan fingerprint density at radius 2 is 1.79 bits per heavy atom. The second kappa shape index (κ2) is 5.00. The summed E-state index contributed by atoms with van der Waals surface area (Å²) in [5.41, 5.74) is 0.661. The molecule has 1 heterocycles. The van der Waals surface area contributed by atoms with Crippen LogP contribution in [-0.4, -0.2) is 23.2 Å². The molecule has 0 N–H and O–H groups in total. The zero-order chi connectivity index (χ0) is 10.6. The molecule has 0 aromatic carbocycles. The molecule has 0 aliphatic carbocycles. The highest BCUT2D eigenvalue weighted by atomic mass is 35.5. The molecule has 78 valence electrons. The van der Waals surface area contributed by atoms with Gasteiger partial charge in [-0.15, -0.1) is 0 Å². The van der Waals surface area contributed by atoms with Gasteiger partial charge in [-0.1, -0.05) is 11.6 Å². The quantitative estimate of drug-likeness (QED) is 0.774. The molecule has 0 spiro atoms. The standard InChI is InChI=1S/C9H13ClN2O2/c1-4-13-8-7(10)6(3)11-9(12-8)14-5-2/h4-5H2,1-3H3. The summed E-state index contributed by atoms with van der Waals surface area (Å²) in [6.07, 6.45) is 0. The van der Waals surface area contributed by atoms with E-state index in [0.29, 0.717) is 35.8 Å². The van der Waals surface area contributed by atoms with Crippen molar-refractivity contribution in [3.05, 3.63) is 10.7 Å². The van der Waals surface area contributed by atoms with Gasteiger partial charge in [0.25, 0.3) is 0 Å². The maximum atomic E-state index is 5.94. The SMILES string of the molecule is CCOc1nc(C)c(Cl)c(OCC)n1. The molecule has 5 heteroatoms. The van der Waals surface area contributed by atoms with E-state index in [-0.39, 0.29) is 0 Å². The van der Waals surface area contributed by atoms with Gasteiger partial charge in [-0.05, 0) is 20.8 Å². The van der Waals surface area contributed by atoms with Crippen LogP contribution in [0.4, 0.5) is 0 Å². The van der Waals surface area contributed by atoms with Crippen molar-refractivity contribution < 1.29 is 9.47 Å². The monoisotopic (exact) mass is 216 g/mol. The third kappa shape index (κ3) is 2.48. The van der Waals surface area contributed by atoms with Gasteiger partial charge >= 0.3 is 6.01 Å². The van der Waals surface area contributed by atoms with Crippen LogP contribution in [0.3, 0.4) is 0 Å². The molecule has 0 unspecified atom stereocenters. The van der Waals surface area contributed by atoms with E-state index in [1.54, 1.807) is 6.92 Å². The normalized spacial score (nSPS) is 10.0. The van der Waals surface area contributed by atoms with E-state index in [2.05, 4.69) is 9.97 Å². The van der Waals surface area contributed by atoms with Crippen LogP contribution in [0.2, 0.25) is 5.02 Å². The van der Waals surface area contributed by atoms with Crippen molar-refractivity contribution in [2.75, 3.05) is 13.2 Å². The summed E-state index contributed by atoms with van der Waals surface area (Å²) in [5.74, 6) is 0.380. The number of hydrogen-bond acceptors (Lipinski definition) is 4. The Hall–Kier alpha value is -1.03. The first-order chi connectivity index (χ1) is 6.69. The van der Waals surface area contributed by atoms with Crippen LogP contribution in [0.25, 0.3) is 0 Å². The average molecular weight is 217 g/mol. The van der Waals surface area contributed by atoms with Crippen LogP contribution in [0.15, 0.2) is 0 Å². The minimum Gasteiger partial charge on any atom is -0.477 e. The number of nitrogens with zero attached hydrogens (tertiary/aromatic N) is 2. The zero-order valence-corrected chi connectivity index (χ0v) is 9.26. The number of rotatable bonds is 4. The molecule has 0 saturated heterocycles. The third-order valence-electron chi connectivity index (χ3n) is 1.52. The zero-order valence-electron chi connectivity index (χ0n) is 8.50. The molecule has 0 bridgehead atoms. The summed E-state index contributed by atoms with van der Waals surface area (Å²) < 4.78 is 10.4. The molecule has 4 nitrogen and oxygen atoms in total. The number of hydrogen-bond donors (Lipinski definition) is 0. The molecular formula is C9H13ClN2O2. The molecule has 0 amide bonds. The van der Waals surface area contributed by atoms with Crippen molar-refractivity contribution in [3.8, 4) is 11.9 Å². The fourth-order valence-corrected chi connectivity index (χ4v) is 1.07. The Bertz CT molecular complexity index is 318. The summed E-state index contributed by atoms with van der Waals surface area (Å²) in [4.78, 5) is 8.09. The van der Waals surface area contributed by atoms with Crippen LogP contribution in [0.5, 0.6) is 11.9 Å². The lowest BCUT2D eigenvalue weighted by atomic mass is 10.4. The van der Waals surface area contributed by atoms with Crippen LogP contribution in [0, 0.1) is 6.92 Å². The summed E-state index contributed by atoms with van der Waals surface area (Å²) in [6.45, 7) is 6.56. The maximum absolute atomic E-state index is 5.94. The third-order valence-corrected chi connectivity index (χ3v) is 1.96. The maximum Gasteiger partial charge on any atom is 0.320 e. The van der Waals surface area contributed by atoms with Crippen LogP contribution >= 0.6 is 11.6 Å². The number of halogens is 1. The molecule has 0 saturated carbocycles. The number of ether oxygens (including phenoxy) is 2. The first-order valence-corrected chi connectivity index (χ1v) is 4.86. The summed E-state index contributed by atoms with van der Waals surface area (Å²) >= 11 is 5.94. The lowest BCUT2D eigenvalue weighted by Gasteiger charge is -2.08. The molecule has 14 heavy (non-hydrogen) atoms. The second-order valence-corrected chi connectivity index (χ2v) is 2.95. The number of aromatic nitrogens is 2. The Balaban J connectivity index is 3.01. The topological polar surface area (TPSA) is 44.2 Å². The fourth-order valence-electron chi connectivity index (χ4n) is 0.934. The predicted molar refractivity (Wildman–Crippen MR) is 54.1 cm³/mol. The van der Waals surface area contributed by atoms with Gasteiger partial charge in [-0.3, -0.25) is 0 Å². The number of aryl methyl sites for hydroxylation is 1. The Morgan fingerprint density at radius 1 is 1.14 bits per heavy atom. The van der Waals surface area contributed by atoms with E-state index in [1.165, 1.54) is 0 Å². The van der Waals surface area contributed by atoms with Gasteiger partial charge in [-0.2, -0.15) is 9.97 Å². The van der Waals surface area contributed by atoms with Crippen LogP contribution in [0.1, 0.15) is 19.5 Å². The largest absolute Gasteiger partial charge is 0.477 e. The van der Waals surface area contributed by atoms with Crippen molar-refractivity contribution in [3.63, 3.8) is 0 Å². The second-order valence-electron chi connectivity index (χ2n) is 2.58. The molecular weight excluding hydrogens is 204 g/mol. The van der Waals surface area contributed by atoms with Crippen molar-refractivity contribution in [2.45, 2.75) is 20.8 Å². The van der Waals surface area contributed by atoms with Crippen molar-refractivity contribution >= 4 is 11.6 Å². The van der Waals surface area contributed by atoms with Gasteiger partial charge in [0.2, 0.25) is 5.88 Å².